The Hall–Kier alpha value is -0.460. The van der Waals surface area contributed by atoms with E-state index in [2.05, 4.69) is 13.0 Å². The van der Waals surface area contributed by atoms with Crippen LogP contribution in [0.25, 0.3) is 0 Å². The number of hydrogen-bond donors (Lipinski definition) is 3. The fourth-order valence-corrected chi connectivity index (χ4v) is 2.79. The molecule has 0 aliphatic carbocycles. The van der Waals surface area contributed by atoms with Crippen LogP contribution in [0.3, 0.4) is 0 Å². The molecule has 1 aliphatic rings. The molecule has 1 rings (SSSR count). The normalized spacial score (nSPS) is 26.2. The number of hydrogen-bond acceptors (Lipinski definition) is 5. The fraction of sp³-hybridized carbons (Fsp3) is 0.889. The van der Waals surface area contributed by atoms with Gasteiger partial charge in [-0.3, -0.25) is 0 Å². The van der Waals surface area contributed by atoms with Crippen molar-refractivity contribution in [2.24, 2.45) is 0 Å². The van der Waals surface area contributed by atoms with Crippen LogP contribution in [0.1, 0.15) is 58.3 Å². The van der Waals surface area contributed by atoms with Crippen LogP contribution in [-0.2, 0) is 9.47 Å². The number of unbranched alkanes of at least 4 members (excludes halogenated alkanes) is 7. The van der Waals surface area contributed by atoms with Crippen molar-refractivity contribution < 1.29 is 24.8 Å². The standard InChI is InChI=1S/C18H34O5/c1-2-3-4-5-6-7-8-9-10-11-12-22-16-14-23-18(17(16)21)15(20)13-19/h10-11,15-21H,2-9,12-14H2,1H3/b11-10+/t15-,16+,17-,18-/m0/s1. The second-order valence-electron chi connectivity index (χ2n) is 6.29. The van der Waals surface area contributed by atoms with Crippen molar-refractivity contribution in [3.05, 3.63) is 12.2 Å². The van der Waals surface area contributed by atoms with E-state index in [0.29, 0.717) is 6.61 Å². The maximum absolute atomic E-state index is 9.97. The minimum Gasteiger partial charge on any atom is -0.394 e. The molecule has 0 saturated carbocycles. The van der Waals surface area contributed by atoms with Gasteiger partial charge in [-0.25, -0.2) is 0 Å². The van der Waals surface area contributed by atoms with E-state index in [0.717, 1.165) is 6.42 Å². The molecule has 4 atom stereocenters. The summed E-state index contributed by atoms with van der Waals surface area (Å²) in [6.45, 7) is 2.49. The van der Waals surface area contributed by atoms with Crippen molar-refractivity contribution in [1.82, 2.24) is 0 Å². The van der Waals surface area contributed by atoms with Gasteiger partial charge < -0.3 is 24.8 Å². The van der Waals surface area contributed by atoms with Gasteiger partial charge in [-0.2, -0.15) is 0 Å². The van der Waals surface area contributed by atoms with Gasteiger partial charge >= 0.3 is 0 Å². The molecule has 5 heteroatoms. The molecule has 1 saturated heterocycles. The summed E-state index contributed by atoms with van der Waals surface area (Å²) < 4.78 is 10.8. The third-order valence-corrected chi connectivity index (χ3v) is 4.28. The Bertz CT molecular complexity index is 308. The van der Waals surface area contributed by atoms with Crippen molar-refractivity contribution in [1.29, 1.82) is 0 Å². The summed E-state index contributed by atoms with van der Waals surface area (Å²) in [6.07, 6.45) is 11.2. The largest absolute Gasteiger partial charge is 0.394 e. The first-order chi connectivity index (χ1) is 11.2. The molecule has 0 spiro atoms. The van der Waals surface area contributed by atoms with Crippen LogP contribution >= 0.6 is 0 Å². The Morgan fingerprint density at radius 3 is 2.52 bits per heavy atom. The molecule has 3 N–H and O–H groups in total. The lowest BCUT2D eigenvalue weighted by Crippen LogP contribution is -2.41. The SMILES string of the molecule is CCCCCCCCC/C=C/CO[C@@H]1CO[C@@H]([C@@H](O)CO)[C@H]1O. The van der Waals surface area contributed by atoms with E-state index in [1.54, 1.807) is 0 Å². The summed E-state index contributed by atoms with van der Waals surface area (Å²) in [7, 11) is 0. The molecule has 0 radical (unpaired) electrons. The molecule has 5 nitrogen and oxygen atoms in total. The minimum absolute atomic E-state index is 0.245. The molecule has 1 fully saturated rings. The molecule has 0 unspecified atom stereocenters. The number of aliphatic hydroxyl groups is 3. The minimum atomic E-state index is -1.06. The number of rotatable bonds is 13. The molecule has 0 aromatic heterocycles. The number of allylic oxidation sites excluding steroid dienone is 1. The maximum atomic E-state index is 9.97. The zero-order chi connectivity index (χ0) is 16.9. The van der Waals surface area contributed by atoms with Crippen molar-refractivity contribution in [3.8, 4) is 0 Å². The van der Waals surface area contributed by atoms with Crippen molar-refractivity contribution in [2.75, 3.05) is 19.8 Å². The summed E-state index contributed by atoms with van der Waals surface area (Å²) >= 11 is 0. The summed E-state index contributed by atoms with van der Waals surface area (Å²) in [5, 5.41) is 28.4. The highest BCUT2D eigenvalue weighted by Gasteiger charge is 2.40. The van der Waals surface area contributed by atoms with E-state index in [-0.39, 0.29) is 6.61 Å². The van der Waals surface area contributed by atoms with E-state index in [1.807, 2.05) is 6.08 Å². The lowest BCUT2D eigenvalue weighted by atomic mass is 10.1. The number of aliphatic hydroxyl groups excluding tert-OH is 3. The first-order valence-electron chi connectivity index (χ1n) is 9.05. The van der Waals surface area contributed by atoms with E-state index in [1.165, 1.54) is 44.9 Å². The summed E-state index contributed by atoms with van der Waals surface area (Å²) in [5.41, 5.74) is 0. The first kappa shape index (κ1) is 20.6. The van der Waals surface area contributed by atoms with Gasteiger partial charge in [0.05, 0.1) is 19.8 Å². The molecule has 1 heterocycles. The molecule has 0 aromatic rings. The third-order valence-electron chi connectivity index (χ3n) is 4.28. The molecule has 0 aromatic carbocycles. The molecule has 0 amide bonds. The maximum Gasteiger partial charge on any atom is 0.114 e. The lowest BCUT2D eigenvalue weighted by molar-refractivity contribution is -0.0716. The van der Waals surface area contributed by atoms with Crippen LogP contribution in [0.5, 0.6) is 0 Å². The molecular formula is C18H34O5. The number of ether oxygens (including phenoxy) is 2. The van der Waals surface area contributed by atoms with Crippen molar-refractivity contribution in [2.45, 2.75) is 82.7 Å². The smallest absolute Gasteiger partial charge is 0.114 e. The average Bonchev–Trinajstić information content (AvgIpc) is 2.93. The molecule has 136 valence electrons. The van der Waals surface area contributed by atoms with E-state index in [9.17, 15) is 10.2 Å². The van der Waals surface area contributed by atoms with E-state index < -0.39 is 31.0 Å². The Labute approximate surface area is 140 Å². The van der Waals surface area contributed by atoms with Crippen molar-refractivity contribution in [3.63, 3.8) is 0 Å². The van der Waals surface area contributed by atoms with Gasteiger partial charge in [0.25, 0.3) is 0 Å². The Morgan fingerprint density at radius 1 is 1.13 bits per heavy atom. The Morgan fingerprint density at radius 2 is 1.83 bits per heavy atom. The molecule has 0 bridgehead atoms. The third kappa shape index (κ3) is 8.27. The second-order valence-corrected chi connectivity index (χ2v) is 6.29. The Balaban J connectivity index is 2.00. The van der Waals surface area contributed by atoms with Crippen LogP contribution in [0.4, 0.5) is 0 Å². The van der Waals surface area contributed by atoms with Gasteiger partial charge in [0.15, 0.2) is 0 Å². The predicted molar refractivity (Wildman–Crippen MR) is 90.3 cm³/mol. The van der Waals surface area contributed by atoms with Crippen LogP contribution in [0.2, 0.25) is 0 Å². The summed E-state index contributed by atoms with van der Waals surface area (Å²) in [4.78, 5) is 0. The highest BCUT2D eigenvalue weighted by molar-refractivity contribution is 4.90. The van der Waals surface area contributed by atoms with Crippen LogP contribution < -0.4 is 0 Å². The zero-order valence-corrected chi connectivity index (χ0v) is 14.4. The average molecular weight is 330 g/mol. The summed E-state index contributed by atoms with van der Waals surface area (Å²) in [5.74, 6) is 0. The van der Waals surface area contributed by atoms with Crippen LogP contribution in [0.15, 0.2) is 12.2 Å². The van der Waals surface area contributed by atoms with Crippen LogP contribution in [-0.4, -0.2) is 59.6 Å². The molecular weight excluding hydrogens is 296 g/mol. The van der Waals surface area contributed by atoms with Gasteiger partial charge in [-0.05, 0) is 12.8 Å². The van der Waals surface area contributed by atoms with Crippen LogP contribution in [0, 0.1) is 0 Å². The highest BCUT2D eigenvalue weighted by Crippen LogP contribution is 2.20. The first-order valence-corrected chi connectivity index (χ1v) is 9.05. The second kappa shape index (κ2) is 12.9. The molecule has 23 heavy (non-hydrogen) atoms. The van der Waals surface area contributed by atoms with Gasteiger partial charge in [0, 0.05) is 0 Å². The van der Waals surface area contributed by atoms with E-state index in [4.69, 9.17) is 14.6 Å². The lowest BCUT2D eigenvalue weighted by Gasteiger charge is -2.20. The predicted octanol–water partition coefficient (Wildman–Crippen LogP) is 2.18. The Kier molecular flexibility index (Phi) is 11.5. The van der Waals surface area contributed by atoms with Gasteiger partial charge in [-0.15, -0.1) is 0 Å². The zero-order valence-electron chi connectivity index (χ0n) is 14.4. The quantitative estimate of drug-likeness (QED) is 0.356. The topological polar surface area (TPSA) is 79.2 Å². The van der Waals surface area contributed by atoms with Gasteiger partial charge in [0.1, 0.15) is 24.4 Å². The van der Waals surface area contributed by atoms with Gasteiger partial charge in [-0.1, -0.05) is 57.6 Å². The van der Waals surface area contributed by atoms with Crippen molar-refractivity contribution >= 4 is 0 Å². The fourth-order valence-electron chi connectivity index (χ4n) is 2.79. The highest BCUT2D eigenvalue weighted by atomic mass is 16.6. The van der Waals surface area contributed by atoms with Gasteiger partial charge in [0.2, 0.25) is 0 Å². The monoisotopic (exact) mass is 330 g/mol. The summed E-state index contributed by atoms with van der Waals surface area (Å²) in [6, 6.07) is 0. The molecule has 1 aliphatic heterocycles. The van der Waals surface area contributed by atoms with E-state index >= 15 is 0 Å².